The zero-order valence-electron chi connectivity index (χ0n) is 12.9. The average molecular weight is 413 g/mol. The number of aromatic nitrogens is 4. The topological polar surface area (TPSA) is 88.9 Å². The molecule has 4 heterocycles. The van der Waals surface area contributed by atoms with Crippen molar-refractivity contribution in [3.8, 4) is 0 Å². The number of hydrogen-bond donors (Lipinski definition) is 1. The van der Waals surface area contributed by atoms with E-state index in [1.54, 1.807) is 18.3 Å². The van der Waals surface area contributed by atoms with Gasteiger partial charge in [0.05, 0.1) is 20.4 Å². The molecule has 6 nitrogen and oxygen atoms in total. The third-order valence-corrected chi connectivity index (χ3v) is 6.51. The Labute approximate surface area is 160 Å². The van der Waals surface area contributed by atoms with Crippen LogP contribution in [0.1, 0.15) is 20.8 Å². The van der Waals surface area contributed by atoms with Crippen LogP contribution in [-0.4, -0.2) is 31.0 Å². The SMILES string of the molecule is Cc1c(C(=O)O)sc2c(Cl)ncnc12.Cc1csc2c(Cl)ncnc12. The maximum Gasteiger partial charge on any atom is 0.346 e. The fraction of sp³-hybridized carbons (Fsp3) is 0.133. The number of nitrogens with zero attached hydrogens (tertiary/aromatic N) is 4. The van der Waals surface area contributed by atoms with E-state index in [1.165, 1.54) is 12.7 Å². The van der Waals surface area contributed by atoms with E-state index in [-0.39, 0.29) is 4.88 Å². The van der Waals surface area contributed by atoms with Crippen molar-refractivity contribution in [1.82, 2.24) is 19.9 Å². The van der Waals surface area contributed by atoms with E-state index in [4.69, 9.17) is 28.3 Å². The van der Waals surface area contributed by atoms with E-state index < -0.39 is 5.97 Å². The summed E-state index contributed by atoms with van der Waals surface area (Å²) in [5.74, 6) is -0.957. The van der Waals surface area contributed by atoms with Crippen molar-refractivity contribution < 1.29 is 9.90 Å². The molecule has 0 spiro atoms. The summed E-state index contributed by atoms with van der Waals surface area (Å²) < 4.78 is 1.61. The van der Waals surface area contributed by atoms with Crippen LogP contribution in [-0.2, 0) is 0 Å². The number of carboxylic acids is 1. The van der Waals surface area contributed by atoms with E-state index in [9.17, 15) is 4.79 Å². The van der Waals surface area contributed by atoms with Gasteiger partial charge in [0.2, 0.25) is 0 Å². The van der Waals surface area contributed by atoms with Gasteiger partial charge in [-0.05, 0) is 24.8 Å². The van der Waals surface area contributed by atoms with E-state index >= 15 is 0 Å². The number of rotatable bonds is 1. The molecule has 128 valence electrons. The Morgan fingerprint density at radius 1 is 1.00 bits per heavy atom. The normalized spacial score (nSPS) is 10.7. The van der Waals surface area contributed by atoms with Crippen LogP contribution in [0.4, 0.5) is 0 Å². The molecule has 10 heteroatoms. The first-order valence-corrected chi connectivity index (χ1v) is 9.32. The van der Waals surface area contributed by atoms with Crippen LogP contribution in [0.15, 0.2) is 18.0 Å². The number of halogens is 2. The molecular weight excluding hydrogens is 403 g/mol. The number of aromatic carboxylic acids is 1. The minimum atomic E-state index is -0.957. The highest BCUT2D eigenvalue weighted by atomic mass is 35.5. The second kappa shape index (κ2) is 7.17. The van der Waals surface area contributed by atoms with Gasteiger partial charge in [-0.2, -0.15) is 0 Å². The first-order chi connectivity index (χ1) is 11.9. The van der Waals surface area contributed by atoms with E-state index in [2.05, 4.69) is 19.9 Å². The first kappa shape index (κ1) is 17.9. The van der Waals surface area contributed by atoms with Gasteiger partial charge in [-0.3, -0.25) is 0 Å². The van der Waals surface area contributed by atoms with Crippen LogP contribution in [0, 0.1) is 13.8 Å². The maximum absolute atomic E-state index is 10.8. The molecule has 0 fully saturated rings. The monoisotopic (exact) mass is 412 g/mol. The van der Waals surface area contributed by atoms with Crippen molar-refractivity contribution in [1.29, 1.82) is 0 Å². The van der Waals surface area contributed by atoms with Gasteiger partial charge in [-0.25, -0.2) is 24.7 Å². The number of hydrogen-bond acceptors (Lipinski definition) is 7. The minimum Gasteiger partial charge on any atom is -0.477 e. The van der Waals surface area contributed by atoms with E-state index in [1.807, 2.05) is 12.3 Å². The lowest BCUT2D eigenvalue weighted by molar-refractivity contribution is 0.0701. The van der Waals surface area contributed by atoms with Crippen LogP contribution < -0.4 is 0 Å². The zero-order chi connectivity index (χ0) is 18.1. The van der Waals surface area contributed by atoms with Crippen molar-refractivity contribution in [2.45, 2.75) is 13.8 Å². The molecule has 0 aromatic carbocycles. The van der Waals surface area contributed by atoms with Gasteiger partial charge < -0.3 is 5.11 Å². The van der Waals surface area contributed by atoms with Crippen molar-refractivity contribution in [3.05, 3.63) is 44.3 Å². The van der Waals surface area contributed by atoms with E-state index in [0.717, 1.165) is 27.1 Å². The van der Waals surface area contributed by atoms with Gasteiger partial charge in [0.25, 0.3) is 0 Å². The first-order valence-electron chi connectivity index (χ1n) is 6.87. The fourth-order valence-electron chi connectivity index (χ4n) is 2.14. The molecule has 0 aliphatic carbocycles. The molecule has 4 rings (SSSR count). The van der Waals surface area contributed by atoms with Crippen molar-refractivity contribution in [2.24, 2.45) is 0 Å². The maximum atomic E-state index is 10.8. The Kier molecular flexibility index (Phi) is 5.14. The van der Waals surface area contributed by atoms with Crippen LogP contribution in [0.5, 0.6) is 0 Å². The molecule has 1 N–H and O–H groups in total. The summed E-state index contributed by atoms with van der Waals surface area (Å²) in [6.07, 6.45) is 2.82. The summed E-state index contributed by atoms with van der Waals surface area (Å²) in [5, 5.41) is 11.8. The van der Waals surface area contributed by atoms with Crippen LogP contribution >= 0.6 is 45.9 Å². The predicted molar refractivity (Wildman–Crippen MR) is 101 cm³/mol. The van der Waals surface area contributed by atoms with Gasteiger partial charge in [0, 0.05) is 5.56 Å². The molecule has 0 radical (unpaired) electrons. The number of aryl methyl sites for hydroxylation is 2. The molecule has 0 saturated carbocycles. The summed E-state index contributed by atoms with van der Waals surface area (Å²) in [6, 6.07) is 0. The lowest BCUT2D eigenvalue weighted by Gasteiger charge is -1.90. The van der Waals surface area contributed by atoms with Crippen molar-refractivity contribution in [2.75, 3.05) is 0 Å². The Morgan fingerprint density at radius 3 is 2.16 bits per heavy atom. The smallest absolute Gasteiger partial charge is 0.346 e. The Bertz CT molecular complexity index is 1090. The number of carboxylic acid groups (broad SMARTS) is 1. The molecule has 4 aromatic rings. The molecule has 0 amide bonds. The minimum absolute atomic E-state index is 0.266. The molecular formula is C15H10Cl2N4O2S2. The molecule has 0 atom stereocenters. The molecule has 0 aliphatic heterocycles. The number of fused-ring (bicyclic) bond motifs is 2. The lowest BCUT2D eigenvalue weighted by Crippen LogP contribution is -1.93. The standard InChI is InChI=1S/C8H5ClN2O2S.C7H5ClN2S/c1-3-4-6(7(9)11-2-10-4)14-5(3)8(12)13;1-4-2-11-6-5(4)9-3-10-7(6)8/h2H,1H3,(H,12,13);2-3H,1H3. The molecule has 4 aromatic heterocycles. The predicted octanol–water partition coefficient (Wildman–Crippen LogP) is 5.00. The summed E-state index contributed by atoms with van der Waals surface area (Å²) >= 11 is 14.3. The highest BCUT2D eigenvalue weighted by Gasteiger charge is 2.17. The number of thiophene rings is 2. The van der Waals surface area contributed by atoms with Crippen LogP contribution in [0.3, 0.4) is 0 Å². The summed E-state index contributed by atoms with van der Waals surface area (Å²) in [6.45, 7) is 3.73. The Hall–Kier alpha value is -1.87. The van der Waals surface area contributed by atoms with Crippen LogP contribution in [0.2, 0.25) is 10.3 Å². The summed E-state index contributed by atoms with van der Waals surface area (Å²) in [5.41, 5.74) is 3.39. The average Bonchev–Trinajstić information content (AvgIpc) is 3.12. The van der Waals surface area contributed by atoms with Crippen molar-refractivity contribution in [3.63, 3.8) is 0 Å². The third kappa shape index (κ3) is 3.43. The Morgan fingerprint density at radius 2 is 1.60 bits per heavy atom. The number of carbonyl (C=O) groups is 1. The molecule has 0 bridgehead atoms. The van der Waals surface area contributed by atoms with Crippen LogP contribution in [0.25, 0.3) is 20.4 Å². The molecule has 25 heavy (non-hydrogen) atoms. The van der Waals surface area contributed by atoms with Gasteiger partial charge in [0.1, 0.15) is 27.8 Å². The van der Waals surface area contributed by atoms with Gasteiger partial charge in [-0.15, -0.1) is 22.7 Å². The molecule has 0 saturated heterocycles. The molecule has 0 aliphatic rings. The third-order valence-electron chi connectivity index (χ3n) is 3.34. The largest absolute Gasteiger partial charge is 0.477 e. The highest BCUT2D eigenvalue weighted by molar-refractivity contribution is 7.21. The van der Waals surface area contributed by atoms with Crippen molar-refractivity contribution >= 4 is 72.3 Å². The van der Waals surface area contributed by atoms with Gasteiger partial charge in [0.15, 0.2) is 0 Å². The quantitative estimate of drug-likeness (QED) is 0.442. The summed E-state index contributed by atoms with van der Waals surface area (Å²) in [4.78, 5) is 26.9. The van der Waals surface area contributed by atoms with Gasteiger partial charge in [-0.1, -0.05) is 23.2 Å². The highest BCUT2D eigenvalue weighted by Crippen LogP contribution is 2.32. The second-order valence-corrected chi connectivity index (χ2v) is 7.58. The summed E-state index contributed by atoms with van der Waals surface area (Å²) in [7, 11) is 0. The zero-order valence-corrected chi connectivity index (χ0v) is 16.1. The van der Waals surface area contributed by atoms with E-state index in [0.29, 0.717) is 26.1 Å². The second-order valence-electron chi connectivity index (χ2n) is 4.96. The lowest BCUT2D eigenvalue weighted by atomic mass is 10.2. The van der Waals surface area contributed by atoms with Gasteiger partial charge >= 0.3 is 5.97 Å². The Balaban J connectivity index is 0.000000150. The fourth-order valence-corrected chi connectivity index (χ4v) is 4.52. The molecule has 0 unspecified atom stereocenters.